The first-order valence-corrected chi connectivity index (χ1v) is 6.06. The predicted octanol–water partition coefficient (Wildman–Crippen LogP) is 0.661. The molecule has 2 unspecified atom stereocenters. The summed E-state index contributed by atoms with van der Waals surface area (Å²) in [7, 11) is 0. The third kappa shape index (κ3) is 5.02. The first-order chi connectivity index (χ1) is 7.80. The highest BCUT2D eigenvalue weighted by Crippen LogP contribution is 2.23. The Balaban J connectivity index is 2.26. The van der Waals surface area contributed by atoms with Gasteiger partial charge in [0.1, 0.15) is 6.10 Å². The lowest BCUT2D eigenvalue weighted by atomic mass is 10.1. The molecule has 17 heavy (non-hydrogen) atoms. The van der Waals surface area contributed by atoms with E-state index in [9.17, 15) is 9.90 Å². The van der Waals surface area contributed by atoms with Crippen LogP contribution in [0.15, 0.2) is 0 Å². The fraction of sp³-hybridized carbons (Fsp3) is 0.917. The predicted molar refractivity (Wildman–Crippen MR) is 63.4 cm³/mol. The summed E-state index contributed by atoms with van der Waals surface area (Å²) in [4.78, 5) is 11.4. The summed E-state index contributed by atoms with van der Waals surface area (Å²) in [6.07, 6.45) is -0.627. The van der Waals surface area contributed by atoms with E-state index in [0.29, 0.717) is 18.9 Å². The molecule has 1 aliphatic heterocycles. The van der Waals surface area contributed by atoms with Crippen LogP contribution in [0.2, 0.25) is 0 Å². The lowest BCUT2D eigenvalue weighted by molar-refractivity contribution is -0.150. The summed E-state index contributed by atoms with van der Waals surface area (Å²) in [5.41, 5.74) is 0. The molecule has 1 fully saturated rings. The number of amides is 1. The first kappa shape index (κ1) is 14.4. The minimum absolute atomic E-state index is 0.0442. The molecule has 0 spiro atoms. The van der Waals surface area contributed by atoms with Gasteiger partial charge in [0.05, 0.1) is 12.7 Å². The van der Waals surface area contributed by atoms with Crippen molar-refractivity contribution in [3.05, 3.63) is 0 Å². The first-order valence-electron chi connectivity index (χ1n) is 6.06. The van der Waals surface area contributed by atoms with E-state index in [1.54, 1.807) is 13.8 Å². The van der Waals surface area contributed by atoms with Crippen LogP contribution in [0, 0.1) is 5.92 Å². The Morgan fingerprint density at radius 3 is 2.65 bits per heavy atom. The zero-order valence-corrected chi connectivity index (χ0v) is 11.0. The van der Waals surface area contributed by atoms with Crippen LogP contribution in [0.1, 0.15) is 34.1 Å². The van der Waals surface area contributed by atoms with E-state index < -0.39 is 11.9 Å². The van der Waals surface area contributed by atoms with Crippen LogP contribution in [0.4, 0.5) is 0 Å². The maximum atomic E-state index is 11.4. The van der Waals surface area contributed by atoms with Crippen molar-refractivity contribution in [1.82, 2.24) is 5.32 Å². The molecule has 1 saturated heterocycles. The molecule has 1 rings (SSSR count). The molecule has 1 aliphatic rings. The van der Waals surface area contributed by atoms with Crippen molar-refractivity contribution >= 4 is 5.91 Å². The third-order valence-corrected chi connectivity index (χ3v) is 2.56. The molecule has 1 amide bonds. The summed E-state index contributed by atoms with van der Waals surface area (Å²) in [6.45, 7) is 8.12. The van der Waals surface area contributed by atoms with Crippen molar-refractivity contribution in [3.8, 4) is 0 Å². The molecule has 0 aromatic rings. The van der Waals surface area contributed by atoms with Crippen LogP contribution in [0.25, 0.3) is 0 Å². The molecule has 0 aromatic heterocycles. The van der Waals surface area contributed by atoms with Gasteiger partial charge in [0.15, 0.2) is 5.79 Å². The van der Waals surface area contributed by atoms with Gasteiger partial charge >= 0.3 is 0 Å². The number of hydrogen-bond acceptors (Lipinski definition) is 4. The molecular formula is C12H23NO4. The van der Waals surface area contributed by atoms with Crippen molar-refractivity contribution in [2.24, 2.45) is 5.92 Å². The summed E-state index contributed by atoms with van der Waals surface area (Å²) >= 11 is 0. The van der Waals surface area contributed by atoms with Crippen molar-refractivity contribution < 1.29 is 19.4 Å². The Morgan fingerprint density at radius 1 is 1.53 bits per heavy atom. The second kappa shape index (κ2) is 5.80. The fourth-order valence-corrected chi connectivity index (χ4v) is 1.70. The largest absolute Gasteiger partial charge is 0.388 e. The lowest BCUT2D eigenvalue weighted by Gasteiger charge is -2.20. The van der Waals surface area contributed by atoms with Crippen molar-refractivity contribution in [1.29, 1.82) is 0 Å². The molecular weight excluding hydrogens is 222 g/mol. The minimum Gasteiger partial charge on any atom is -0.388 e. The summed E-state index contributed by atoms with van der Waals surface area (Å²) in [5.74, 6) is -0.373. The average molecular weight is 245 g/mol. The van der Waals surface area contributed by atoms with Gasteiger partial charge in [-0.25, -0.2) is 0 Å². The number of hydrogen-bond donors (Lipinski definition) is 2. The number of carbonyl (C=O) groups is 1. The maximum absolute atomic E-state index is 11.4. The molecule has 0 radical (unpaired) electrons. The number of aliphatic hydroxyl groups excluding tert-OH is 1. The molecule has 0 saturated carbocycles. The van der Waals surface area contributed by atoms with Crippen LogP contribution >= 0.6 is 0 Å². The molecule has 100 valence electrons. The zero-order valence-electron chi connectivity index (χ0n) is 11.0. The molecule has 1 heterocycles. The molecule has 5 nitrogen and oxygen atoms in total. The molecule has 0 aliphatic carbocycles. The Bertz CT molecular complexity index is 265. The number of rotatable bonds is 5. The smallest absolute Gasteiger partial charge is 0.220 e. The van der Waals surface area contributed by atoms with Gasteiger partial charge in [0, 0.05) is 13.0 Å². The third-order valence-electron chi connectivity index (χ3n) is 2.56. The van der Waals surface area contributed by atoms with Gasteiger partial charge in [-0.3, -0.25) is 4.79 Å². The maximum Gasteiger partial charge on any atom is 0.220 e. The highest BCUT2D eigenvalue weighted by Gasteiger charge is 2.36. The molecule has 0 aromatic carbocycles. The van der Waals surface area contributed by atoms with Gasteiger partial charge in [0.25, 0.3) is 0 Å². The van der Waals surface area contributed by atoms with E-state index in [4.69, 9.17) is 9.47 Å². The minimum atomic E-state index is -0.729. The van der Waals surface area contributed by atoms with Gasteiger partial charge < -0.3 is 19.9 Å². The highest BCUT2D eigenvalue weighted by atomic mass is 16.7. The SMILES string of the molecule is CC(C)CC(=O)NCC(O)C1COC(C)(C)O1. The number of ether oxygens (including phenoxy) is 2. The van der Waals surface area contributed by atoms with Crippen LogP contribution in [0.3, 0.4) is 0 Å². The lowest BCUT2D eigenvalue weighted by Crippen LogP contribution is -2.41. The van der Waals surface area contributed by atoms with E-state index in [-0.39, 0.29) is 18.6 Å². The highest BCUT2D eigenvalue weighted by molar-refractivity contribution is 5.76. The second-order valence-corrected chi connectivity index (χ2v) is 5.34. The summed E-state index contributed by atoms with van der Waals surface area (Å²) < 4.78 is 10.9. The Hall–Kier alpha value is -0.650. The van der Waals surface area contributed by atoms with Crippen LogP contribution in [-0.2, 0) is 14.3 Å². The van der Waals surface area contributed by atoms with Crippen LogP contribution in [-0.4, -0.2) is 42.2 Å². The van der Waals surface area contributed by atoms with E-state index in [2.05, 4.69) is 5.32 Å². The number of aliphatic hydroxyl groups is 1. The Labute approximate surface area is 102 Å². The van der Waals surface area contributed by atoms with Gasteiger partial charge in [0.2, 0.25) is 5.91 Å². The van der Waals surface area contributed by atoms with E-state index >= 15 is 0 Å². The number of nitrogens with one attached hydrogen (secondary N) is 1. The quantitative estimate of drug-likeness (QED) is 0.746. The fourth-order valence-electron chi connectivity index (χ4n) is 1.70. The second-order valence-electron chi connectivity index (χ2n) is 5.34. The standard InChI is InChI=1S/C12H23NO4/c1-8(2)5-11(15)13-6-9(14)10-7-16-12(3,4)17-10/h8-10,14H,5-7H2,1-4H3,(H,13,15). The summed E-state index contributed by atoms with van der Waals surface area (Å²) in [6, 6.07) is 0. The van der Waals surface area contributed by atoms with Gasteiger partial charge in [-0.1, -0.05) is 13.8 Å². The van der Waals surface area contributed by atoms with Crippen molar-refractivity contribution in [3.63, 3.8) is 0 Å². The van der Waals surface area contributed by atoms with Gasteiger partial charge in [-0.05, 0) is 19.8 Å². The Morgan fingerprint density at radius 2 is 2.18 bits per heavy atom. The normalized spacial score (nSPS) is 24.9. The Kier molecular flexibility index (Phi) is 4.91. The number of carbonyl (C=O) groups excluding carboxylic acids is 1. The molecule has 0 bridgehead atoms. The summed E-state index contributed by atoms with van der Waals surface area (Å²) in [5, 5.41) is 12.5. The van der Waals surface area contributed by atoms with Crippen LogP contribution in [0.5, 0.6) is 0 Å². The monoisotopic (exact) mass is 245 g/mol. The average Bonchev–Trinajstić information content (AvgIpc) is 2.54. The molecule has 2 atom stereocenters. The van der Waals surface area contributed by atoms with Crippen LogP contribution < -0.4 is 5.32 Å². The van der Waals surface area contributed by atoms with Gasteiger partial charge in [-0.15, -0.1) is 0 Å². The molecule has 2 N–H and O–H groups in total. The molecule has 5 heteroatoms. The van der Waals surface area contributed by atoms with Crippen molar-refractivity contribution in [2.45, 2.75) is 52.1 Å². The van der Waals surface area contributed by atoms with E-state index in [0.717, 1.165) is 0 Å². The van der Waals surface area contributed by atoms with Gasteiger partial charge in [-0.2, -0.15) is 0 Å². The van der Waals surface area contributed by atoms with Crippen molar-refractivity contribution in [2.75, 3.05) is 13.2 Å². The topological polar surface area (TPSA) is 67.8 Å². The van der Waals surface area contributed by atoms with E-state index in [1.165, 1.54) is 0 Å². The zero-order chi connectivity index (χ0) is 13.1. The van der Waals surface area contributed by atoms with E-state index in [1.807, 2.05) is 13.8 Å².